The normalized spacial score (nSPS) is 11.6. The average Bonchev–Trinajstić information content (AvgIpc) is 2.31. The third kappa shape index (κ3) is 2.87. The fraction of sp³-hybridized carbons (Fsp3) is 0.500. The van der Waals surface area contributed by atoms with E-state index in [1.807, 2.05) is 0 Å². The fourth-order valence-electron chi connectivity index (χ4n) is 0.960. The lowest BCUT2D eigenvalue weighted by Gasteiger charge is -2.16. The molecule has 0 spiro atoms. The van der Waals surface area contributed by atoms with Crippen LogP contribution in [0.5, 0.6) is 0 Å². The fourth-order valence-corrected chi connectivity index (χ4v) is 0.960. The molecule has 0 saturated heterocycles. The number of hydrogen-bond acceptors (Lipinski definition) is 3. The van der Waals surface area contributed by atoms with E-state index in [0.29, 0.717) is 0 Å². The predicted molar refractivity (Wildman–Crippen MR) is 45.5 cm³/mol. The topological polar surface area (TPSA) is 75.4 Å². The highest BCUT2D eigenvalue weighted by Crippen LogP contribution is 2.05. The van der Waals surface area contributed by atoms with E-state index in [2.05, 4.69) is 5.10 Å². The summed E-state index contributed by atoms with van der Waals surface area (Å²) in [6.07, 6.45) is 1.53. The van der Waals surface area contributed by atoms with Crippen LogP contribution in [0.4, 0.5) is 0 Å². The molecule has 0 aromatic carbocycles. The second-order valence-electron chi connectivity index (χ2n) is 3.52. The molecule has 0 aliphatic rings. The van der Waals surface area contributed by atoms with E-state index in [1.54, 1.807) is 13.8 Å². The molecule has 1 heterocycles. The number of rotatable bonds is 3. The van der Waals surface area contributed by atoms with E-state index in [4.69, 9.17) is 5.11 Å². The molecule has 1 aromatic rings. The number of hydrogen-bond donors (Lipinski definition) is 2. The minimum absolute atomic E-state index is 0.00995. The molecule has 72 valence electrons. The molecule has 0 unspecified atom stereocenters. The van der Waals surface area contributed by atoms with Crippen molar-refractivity contribution < 1.29 is 15.0 Å². The van der Waals surface area contributed by atoms with E-state index < -0.39 is 11.6 Å². The van der Waals surface area contributed by atoms with Gasteiger partial charge in [-0.25, -0.2) is 4.79 Å². The summed E-state index contributed by atoms with van der Waals surface area (Å²) in [6.45, 7) is 3.55. The van der Waals surface area contributed by atoms with Gasteiger partial charge in [-0.15, -0.1) is 0 Å². The summed E-state index contributed by atoms with van der Waals surface area (Å²) < 4.78 is 1.41. The number of carboxylic acid groups (broad SMARTS) is 1. The number of aromatic carboxylic acids is 1. The van der Waals surface area contributed by atoms with Crippen LogP contribution in [-0.4, -0.2) is 31.6 Å². The van der Waals surface area contributed by atoms with E-state index >= 15 is 0 Å². The van der Waals surface area contributed by atoms with Crippen molar-refractivity contribution in [2.24, 2.45) is 0 Å². The Kier molecular flexibility index (Phi) is 2.38. The van der Waals surface area contributed by atoms with Crippen LogP contribution in [0.2, 0.25) is 0 Å². The molecule has 0 aliphatic heterocycles. The molecule has 0 aliphatic carbocycles. The van der Waals surface area contributed by atoms with Gasteiger partial charge in [0, 0.05) is 6.20 Å². The van der Waals surface area contributed by atoms with Gasteiger partial charge in [0.05, 0.1) is 12.1 Å². The molecule has 0 bridgehead atoms. The first-order chi connectivity index (χ1) is 5.88. The molecule has 5 heteroatoms. The Bertz CT molecular complexity index is 311. The molecule has 0 atom stereocenters. The summed E-state index contributed by atoms with van der Waals surface area (Å²) in [4.78, 5) is 10.4. The first-order valence-electron chi connectivity index (χ1n) is 3.87. The van der Waals surface area contributed by atoms with Crippen LogP contribution in [-0.2, 0) is 6.54 Å². The molecule has 0 radical (unpaired) electrons. The largest absolute Gasteiger partial charge is 0.476 e. The van der Waals surface area contributed by atoms with Gasteiger partial charge in [0.15, 0.2) is 5.69 Å². The summed E-state index contributed by atoms with van der Waals surface area (Å²) in [5.74, 6) is -1.06. The monoisotopic (exact) mass is 184 g/mol. The molecule has 13 heavy (non-hydrogen) atoms. The molecule has 5 nitrogen and oxygen atoms in total. The minimum Gasteiger partial charge on any atom is -0.476 e. The van der Waals surface area contributed by atoms with Gasteiger partial charge >= 0.3 is 5.97 Å². The van der Waals surface area contributed by atoms with Crippen molar-refractivity contribution in [1.29, 1.82) is 0 Å². The van der Waals surface area contributed by atoms with Crippen LogP contribution in [0, 0.1) is 0 Å². The molecule has 0 amide bonds. The smallest absolute Gasteiger partial charge is 0.356 e. The Morgan fingerprint density at radius 1 is 1.69 bits per heavy atom. The van der Waals surface area contributed by atoms with E-state index in [-0.39, 0.29) is 12.2 Å². The maximum Gasteiger partial charge on any atom is 0.356 e. The van der Waals surface area contributed by atoms with Crippen molar-refractivity contribution in [3.63, 3.8) is 0 Å². The third-order valence-corrected chi connectivity index (χ3v) is 1.41. The van der Waals surface area contributed by atoms with Crippen molar-refractivity contribution in [2.45, 2.75) is 26.0 Å². The van der Waals surface area contributed by atoms with Crippen molar-refractivity contribution in [3.8, 4) is 0 Å². The summed E-state index contributed by atoms with van der Waals surface area (Å²) in [7, 11) is 0. The van der Waals surface area contributed by atoms with Crippen molar-refractivity contribution in [3.05, 3.63) is 18.0 Å². The highest BCUT2D eigenvalue weighted by Gasteiger charge is 2.15. The Labute approximate surface area is 75.6 Å². The SMILES string of the molecule is CC(C)(O)Cn1ccc(C(=O)O)n1. The van der Waals surface area contributed by atoms with Crippen LogP contribution < -0.4 is 0 Å². The minimum atomic E-state index is -1.06. The van der Waals surface area contributed by atoms with Gasteiger partial charge in [0.2, 0.25) is 0 Å². The van der Waals surface area contributed by atoms with Crippen molar-refractivity contribution in [2.75, 3.05) is 0 Å². The molecule has 0 saturated carbocycles. The Morgan fingerprint density at radius 2 is 2.31 bits per heavy atom. The molecule has 2 N–H and O–H groups in total. The van der Waals surface area contributed by atoms with Gasteiger partial charge in [0.1, 0.15) is 0 Å². The highest BCUT2D eigenvalue weighted by atomic mass is 16.4. The van der Waals surface area contributed by atoms with Crippen LogP contribution in [0.25, 0.3) is 0 Å². The van der Waals surface area contributed by atoms with Gasteiger partial charge in [-0.2, -0.15) is 5.10 Å². The Hall–Kier alpha value is -1.36. The molecular formula is C8H12N2O3. The number of aliphatic hydroxyl groups is 1. The quantitative estimate of drug-likeness (QED) is 0.710. The number of carboxylic acids is 1. The number of carbonyl (C=O) groups is 1. The van der Waals surface area contributed by atoms with Gasteiger partial charge < -0.3 is 10.2 Å². The van der Waals surface area contributed by atoms with Crippen LogP contribution >= 0.6 is 0 Å². The average molecular weight is 184 g/mol. The predicted octanol–water partition coefficient (Wildman–Crippen LogP) is 0.352. The molecule has 1 aromatic heterocycles. The van der Waals surface area contributed by atoms with Gasteiger partial charge in [-0.3, -0.25) is 4.68 Å². The molecule has 1 rings (SSSR count). The Balaban J connectivity index is 2.75. The zero-order chi connectivity index (χ0) is 10.1. The van der Waals surface area contributed by atoms with E-state index in [9.17, 15) is 9.90 Å². The first-order valence-corrected chi connectivity index (χ1v) is 3.87. The summed E-state index contributed by atoms with van der Waals surface area (Å²) >= 11 is 0. The van der Waals surface area contributed by atoms with Crippen LogP contribution in [0.3, 0.4) is 0 Å². The number of aromatic nitrogens is 2. The lowest BCUT2D eigenvalue weighted by Crippen LogP contribution is -2.26. The summed E-state index contributed by atoms with van der Waals surface area (Å²) in [5.41, 5.74) is -0.897. The second-order valence-corrected chi connectivity index (χ2v) is 3.52. The summed E-state index contributed by atoms with van der Waals surface area (Å²) in [6, 6.07) is 1.40. The van der Waals surface area contributed by atoms with Crippen LogP contribution in [0.15, 0.2) is 12.3 Å². The number of nitrogens with zero attached hydrogens (tertiary/aromatic N) is 2. The Morgan fingerprint density at radius 3 is 2.69 bits per heavy atom. The third-order valence-electron chi connectivity index (χ3n) is 1.41. The van der Waals surface area contributed by atoms with E-state index in [0.717, 1.165) is 0 Å². The summed E-state index contributed by atoms with van der Waals surface area (Å²) in [5, 5.41) is 21.7. The lowest BCUT2D eigenvalue weighted by atomic mass is 10.1. The zero-order valence-electron chi connectivity index (χ0n) is 7.56. The van der Waals surface area contributed by atoms with Crippen molar-refractivity contribution in [1.82, 2.24) is 9.78 Å². The molecule has 0 fully saturated rings. The highest BCUT2D eigenvalue weighted by molar-refractivity contribution is 5.84. The van der Waals surface area contributed by atoms with Gasteiger partial charge in [-0.1, -0.05) is 0 Å². The van der Waals surface area contributed by atoms with Gasteiger partial charge in [0.25, 0.3) is 0 Å². The maximum atomic E-state index is 10.4. The molecular weight excluding hydrogens is 172 g/mol. The second kappa shape index (κ2) is 3.18. The van der Waals surface area contributed by atoms with E-state index in [1.165, 1.54) is 16.9 Å². The van der Waals surface area contributed by atoms with Crippen LogP contribution in [0.1, 0.15) is 24.3 Å². The lowest BCUT2D eigenvalue weighted by molar-refractivity contribution is 0.0564. The maximum absolute atomic E-state index is 10.4. The van der Waals surface area contributed by atoms with Crippen molar-refractivity contribution >= 4 is 5.97 Å². The van der Waals surface area contributed by atoms with Gasteiger partial charge in [-0.05, 0) is 19.9 Å². The standard InChI is InChI=1S/C8H12N2O3/c1-8(2,13)5-10-4-3-6(9-10)7(11)12/h3-4,13H,5H2,1-2H3,(H,11,12). The first kappa shape index (κ1) is 9.73. The zero-order valence-corrected chi connectivity index (χ0v) is 7.56.